The van der Waals surface area contributed by atoms with Crippen molar-refractivity contribution in [1.29, 1.82) is 0 Å². The van der Waals surface area contributed by atoms with E-state index in [2.05, 4.69) is 21.2 Å². The summed E-state index contributed by atoms with van der Waals surface area (Å²) in [5.41, 5.74) is 0.485. The Kier molecular flexibility index (Phi) is 6.19. The largest absolute Gasteiger partial charge is 0.373 e. The molecular weight excluding hydrogens is 384 g/mol. The summed E-state index contributed by atoms with van der Waals surface area (Å²) in [5.74, 6) is -0.417. The highest BCUT2D eigenvalue weighted by Crippen LogP contribution is 2.16. The highest BCUT2D eigenvalue weighted by atomic mass is 79.9. The smallest absolute Gasteiger partial charge is 0.252 e. The second-order valence-corrected chi connectivity index (χ2v) is 8.57. The molecule has 1 aromatic carbocycles. The maximum Gasteiger partial charge on any atom is 0.252 e. The van der Waals surface area contributed by atoms with E-state index in [0.29, 0.717) is 23.1 Å². The van der Waals surface area contributed by atoms with E-state index in [9.17, 15) is 13.2 Å². The third-order valence-corrected chi connectivity index (χ3v) is 6.04. The topological polar surface area (TPSA) is 75.7 Å². The van der Waals surface area contributed by atoms with Gasteiger partial charge in [0.25, 0.3) is 5.91 Å². The van der Waals surface area contributed by atoms with Crippen molar-refractivity contribution in [3.8, 4) is 0 Å². The number of sulfonamides is 1. The van der Waals surface area contributed by atoms with Gasteiger partial charge in [-0.1, -0.05) is 12.1 Å². The Morgan fingerprint density at radius 2 is 1.91 bits per heavy atom. The van der Waals surface area contributed by atoms with Crippen LogP contribution in [0.5, 0.6) is 0 Å². The Bertz CT molecular complexity index is 655. The van der Waals surface area contributed by atoms with Crippen LogP contribution in [0.15, 0.2) is 28.7 Å². The lowest BCUT2D eigenvalue weighted by atomic mass is 10.2. The van der Waals surface area contributed by atoms with E-state index < -0.39 is 10.0 Å². The van der Waals surface area contributed by atoms with Crippen molar-refractivity contribution in [2.75, 3.05) is 25.4 Å². The van der Waals surface area contributed by atoms with E-state index in [1.54, 1.807) is 18.2 Å². The number of halogens is 1. The van der Waals surface area contributed by atoms with Crippen molar-refractivity contribution < 1.29 is 17.9 Å². The Morgan fingerprint density at radius 3 is 2.52 bits per heavy atom. The number of nitrogens with zero attached hydrogens (tertiary/aromatic N) is 1. The van der Waals surface area contributed by atoms with Crippen LogP contribution in [0, 0.1) is 0 Å². The SMILES string of the molecule is C[C@@H]1CN(S(=O)(=O)CCNC(=O)c2ccccc2Br)C[C@H](C)O1. The van der Waals surface area contributed by atoms with Gasteiger partial charge in [-0.15, -0.1) is 0 Å². The van der Waals surface area contributed by atoms with Crippen LogP contribution < -0.4 is 5.32 Å². The number of hydrogen-bond acceptors (Lipinski definition) is 4. The predicted octanol–water partition coefficient (Wildman–Crippen LogP) is 1.62. The molecule has 1 heterocycles. The Morgan fingerprint density at radius 1 is 1.30 bits per heavy atom. The molecule has 1 N–H and O–H groups in total. The molecule has 6 nitrogen and oxygen atoms in total. The monoisotopic (exact) mass is 404 g/mol. The molecule has 1 aromatic rings. The average molecular weight is 405 g/mol. The number of ether oxygens (including phenoxy) is 1. The molecule has 23 heavy (non-hydrogen) atoms. The predicted molar refractivity (Wildman–Crippen MR) is 91.8 cm³/mol. The van der Waals surface area contributed by atoms with Crippen molar-refractivity contribution in [3.63, 3.8) is 0 Å². The highest BCUT2D eigenvalue weighted by Gasteiger charge is 2.30. The summed E-state index contributed by atoms with van der Waals surface area (Å²) >= 11 is 3.30. The van der Waals surface area contributed by atoms with E-state index in [1.807, 2.05) is 19.9 Å². The van der Waals surface area contributed by atoms with E-state index in [0.717, 1.165) is 0 Å². The van der Waals surface area contributed by atoms with Gasteiger partial charge in [0, 0.05) is 24.1 Å². The Labute approximate surface area is 145 Å². The second-order valence-electron chi connectivity index (χ2n) is 5.63. The number of carbonyl (C=O) groups excluding carboxylic acids is 1. The third kappa shape index (κ3) is 5.00. The molecule has 0 unspecified atom stereocenters. The fraction of sp³-hybridized carbons (Fsp3) is 0.533. The van der Waals surface area contributed by atoms with Crippen LogP contribution in [-0.2, 0) is 14.8 Å². The lowest BCUT2D eigenvalue weighted by Gasteiger charge is -2.34. The number of carbonyl (C=O) groups is 1. The summed E-state index contributed by atoms with van der Waals surface area (Å²) in [5, 5.41) is 2.65. The quantitative estimate of drug-likeness (QED) is 0.808. The second kappa shape index (κ2) is 7.74. The molecule has 2 rings (SSSR count). The molecule has 0 radical (unpaired) electrons. The fourth-order valence-corrected chi connectivity index (χ4v) is 4.48. The molecule has 0 aromatic heterocycles. The van der Waals surface area contributed by atoms with Gasteiger partial charge in [0.15, 0.2) is 0 Å². The molecule has 128 valence electrons. The van der Waals surface area contributed by atoms with Crippen molar-refractivity contribution in [1.82, 2.24) is 9.62 Å². The van der Waals surface area contributed by atoms with Gasteiger partial charge in [-0.25, -0.2) is 8.42 Å². The van der Waals surface area contributed by atoms with Crippen LogP contribution >= 0.6 is 15.9 Å². The van der Waals surface area contributed by atoms with Crippen LogP contribution in [0.3, 0.4) is 0 Å². The molecule has 1 amide bonds. The van der Waals surface area contributed by atoms with Gasteiger partial charge < -0.3 is 10.1 Å². The molecule has 1 fully saturated rings. The molecule has 0 bridgehead atoms. The van der Waals surface area contributed by atoms with Crippen molar-refractivity contribution in [3.05, 3.63) is 34.3 Å². The van der Waals surface area contributed by atoms with Crippen LogP contribution in [0.25, 0.3) is 0 Å². The molecule has 1 saturated heterocycles. The minimum atomic E-state index is -3.41. The minimum Gasteiger partial charge on any atom is -0.373 e. The highest BCUT2D eigenvalue weighted by molar-refractivity contribution is 9.10. The average Bonchev–Trinajstić information content (AvgIpc) is 2.46. The summed E-state index contributed by atoms with van der Waals surface area (Å²) < 4.78 is 32.4. The number of nitrogens with one attached hydrogen (secondary N) is 1. The first-order chi connectivity index (χ1) is 10.8. The van der Waals surface area contributed by atoms with Gasteiger partial charge in [-0.3, -0.25) is 4.79 Å². The molecule has 2 atom stereocenters. The summed E-state index contributed by atoms with van der Waals surface area (Å²) in [6.07, 6.45) is -0.244. The Hall–Kier alpha value is -0.960. The van der Waals surface area contributed by atoms with E-state index >= 15 is 0 Å². The number of morpholine rings is 1. The zero-order valence-corrected chi connectivity index (χ0v) is 15.6. The van der Waals surface area contributed by atoms with Gasteiger partial charge >= 0.3 is 0 Å². The van der Waals surface area contributed by atoms with Crippen molar-refractivity contribution in [2.45, 2.75) is 26.1 Å². The minimum absolute atomic E-state index is 0.0720. The van der Waals surface area contributed by atoms with E-state index in [1.165, 1.54) is 4.31 Å². The van der Waals surface area contributed by atoms with Crippen LogP contribution in [0.1, 0.15) is 24.2 Å². The number of rotatable bonds is 5. The summed E-state index contributed by atoms with van der Waals surface area (Å²) in [6.45, 7) is 4.48. The maximum atomic E-state index is 12.4. The Balaban J connectivity index is 1.90. The maximum absolute atomic E-state index is 12.4. The fourth-order valence-electron chi connectivity index (χ4n) is 2.52. The van der Waals surface area contributed by atoms with Crippen LogP contribution in [-0.4, -0.2) is 56.2 Å². The van der Waals surface area contributed by atoms with Crippen molar-refractivity contribution in [2.24, 2.45) is 0 Å². The van der Waals surface area contributed by atoms with E-state index in [4.69, 9.17) is 4.74 Å². The van der Waals surface area contributed by atoms with Crippen LogP contribution in [0.4, 0.5) is 0 Å². The normalized spacial score (nSPS) is 22.7. The van der Waals surface area contributed by atoms with Crippen molar-refractivity contribution >= 4 is 31.9 Å². The first-order valence-electron chi connectivity index (χ1n) is 7.45. The molecule has 8 heteroatoms. The number of hydrogen-bond donors (Lipinski definition) is 1. The number of amides is 1. The molecular formula is C15H21BrN2O4S. The van der Waals surface area contributed by atoms with E-state index in [-0.39, 0.29) is 30.4 Å². The molecule has 0 aliphatic carbocycles. The lowest BCUT2D eigenvalue weighted by molar-refractivity contribution is -0.0440. The summed E-state index contributed by atoms with van der Waals surface area (Å²) in [4.78, 5) is 12.1. The standard InChI is InChI=1S/C15H21BrN2O4S/c1-11-9-18(10-12(2)22-11)23(20,21)8-7-17-15(19)13-5-3-4-6-14(13)16/h3-6,11-12H,7-10H2,1-2H3,(H,17,19)/t11-,12+. The van der Waals surface area contributed by atoms with Gasteiger partial charge in [0.05, 0.1) is 23.5 Å². The number of benzene rings is 1. The molecule has 0 saturated carbocycles. The molecule has 0 spiro atoms. The zero-order valence-electron chi connectivity index (χ0n) is 13.2. The van der Waals surface area contributed by atoms with Crippen LogP contribution in [0.2, 0.25) is 0 Å². The van der Waals surface area contributed by atoms with Gasteiger partial charge in [-0.05, 0) is 41.9 Å². The first-order valence-corrected chi connectivity index (χ1v) is 9.86. The summed E-state index contributed by atoms with van der Waals surface area (Å²) in [7, 11) is -3.41. The lowest BCUT2D eigenvalue weighted by Crippen LogP contribution is -2.49. The summed E-state index contributed by atoms with van der Waals surface area (Å²) in [6, 6.07) is 7.01. The van der Waals surface area contributed by atoms with Gasteiger partial charge in [-0.2, -0.15) is 4.31 Å². The van der Waals surface area contributed by atoms with Gasteiger partial charge in [0.2, 0.25) is 10.0 Å². The van der Waals surface area contributed by atoms with Gasteiger partial charge in [0.1, 0.15) is 0 Å². The third-order valence-electron chi connectivity index (χ3n) is 3.54. The first kappa shape index (κ1) is 18.4. The molecule has 1 aliphatic rings. The zero-order chi connectivity index (χ0) is 17.0. The molecule has 1 aliphatic heterocycles.